The van der Waals surface area contributed by atoms with Gasteiger partial charge in [-0.2, -0.15) is 13.2 Å². The van der Waals surface area contributed by atoms with Crippen molar-refractivity contribution in [1.29, 1.82) is 0 Å². The highest BCUT2D eigenvalue weighted by molar-refractivity contribution is 7.89. The van der Waals surface area contributed by atoms with E-state index in [-0.39, 0.29) is 6.54 Å². The molecule has 0 fully saturated rings. The Hall–Kier alpha value is -0.350. The molecule has 1 rings (SSSR count). The number of rotatable bonds is 7. The maximum atomic E-state index is 12.0. The number of hydrogen-bond donors (Lipinski definition) is 1. The standard InChI is InChI=1S/C10H13ClF3NO3S2/c1-18-7(8-2-3-9(11)19-8)6-15-20(16,17)5-4-10(12,13)14/h2-3,7,15H,4-6H2,1H3. The molecule has 1 heterocycles. The van der Waals surface area contributed by atoms with Crippen molar-refractivity contribution in [2.24, 2.45) is 0 Å². The Kier molecular flexibility index (Phi) is 6.26. The Bertz CT molecular complexity index is 530. The molecule has 0 amide bonds. The first-order valence-corrected chi connectivity index (χ1v) is 8.30. The number of hydrogen-bond acceptors (Lipinski definition) is 4. The van der Waals surface area contributed by atoms with Crippen LogP contribution in [0.1, 0.15) is 17.4 Å². The fourth-order valence-corrected chi connectivity index (χ4v) is 3.51. The molecule has 0 radical (unpaired) electrons. The third-order valence-corrected chi connectivity index (χ3v) is 5.01. The van der Waals surface area contributed by atoms with Crippen LogP contribution in [0.15, 0.2) is 12.1 Å². The van der Waals surface area contributed by atoms with Gasteiger partial charge in [0.25, 0.3) is 0 Å². The molecule has 116 valence electrons. The van der Waals surface area contributed by atoms with Crippen LogP contribution in [0.25, 0.3) is 0 Å². The molecule has 0 aliphatic carbocycles. The van der Waals surface area contributed by atoms with Crippen molar-refractivity contribution >= 4 is 33.0 Å². The summed E-state index contributed by atoms with van der Waals surface area (Å²) in [7, 11) is -2.62. The summed E-state index contributed by atoms with van der Waals surface area (Å²) in [6.45, 7) is -0.145. The molecule has 4 nitrogen and oxygen atoms in total. The van der Waals surface area contributed by atoms with Gasteiger partial charge >= 0.3 is 6.18 Å². The molecule has 1 aromatic heterocycles. The van der Waals surface area contributed by atoms with Gasteiger partial charge in [-0.3, -0.25) is 0 Å². The number of methoxy groups -OCH3 is 1. The Morgan fingerprint density at radius 3 is 2.55 bits per heavy atom. The minimum Gasteiger partial charge on any atom is -0.375 e. The second kappa shape index (κ2) is 7.08. The van der Waals surface area contributed by atoms with Crippen LogP contribution in [0, 0.1) is 0 Å². The van der Waals surface area contributed by atoms with Crippen molar-refractivity contribution in [3.8, 4) is 0 Å². The van der Waals surface area contributed by atoms with Crippen molar-refractivity contribution in [2.45, 2.75) is 18.7 Å². The third kappa shape index (κ3) is 6.40. The van der Waals surface area contributed by atoms with E-state index in [0.717, 1.165) is 0 Å². The van der Waals surface area contributed by atoms with Gasteiger partial charge in [0.1, 0.15) is 6.10 Å². The summed E-state index contributed by atoms with van der Waals surface area (Å²) in [6.07, 6.45) is -6.48. The smallest absolute Gasteiger partial charge is 0.375 e. The highest BCUT2D eigenvalue weighted by Gasteiger charge is 2.30. The average Bonchev–Trinajstić information content (AvgIpc) is 2.73. The van der Waals surface area contributed by atoms with Crippen LogP contribution in [0.3, 0.4) is 0 Å². The van der Waals surface area contributed by atoms with Crippen LogP contribution in [0.2, 0.25) is 4.34 Å². The first-order valence-electron chi connectivity index (χ1n) is 5.45. The molecule has 10 heteroatoms. The molecule has 0 saturated carbocycles. The maximum absolute atomic E-state index is 12.0. The molecule has 0 aromatic carbocycles. The third-order valence-electron chi connectivity index (χ3n) is 2.34. The lowest BCUT2D eigenvalue weighted by molar-refractivity contribution is -0.129. The normalized spacial score (nSPS) is 14.4. The number of thiophene rings is 1. The number of sulfonamides is 1. The fraction of sp³-hybridized carbons (Fsp3) is 0.600. The first kappa shape index (κ1) is 17.7. The quantitative estimate of drug-likeness (QED) is 0.821. The van der Waals surface area contributed by atoms with Gasteiger partial charge in [0.05, 0.1) is 16.5 Å². The summed E-state index contributed by atoms with van der Waals surface area (Å²) in [5.41, 5.74) is 0. The predicted molar refractivity (Wildman–Crippen MR) is 71.5 cm³/mol. The summed E-state index contributed by atoms with van der Waals surface area (Å²) >= 11 is 6.96. The molecule has 1 aromatic rings. The van der Waals surface area contributed by atoms with E-state index in [1.807, 2.05) is 0 Å². The number of nitrogens with one attached hydrogen (secondary N) is 1. The zero-order valence-electron chi connectivity index (χ0n) is 10.4. The fourth-order valence-electron chi connectivity index (χ4n) is 1.33. The Morgan fingerprint density at radius 1 is 1.45 bits per heavy atom. The lowest BCUT2D eigenvalue weighted by atomic mass is 10.3. The molecule has 0 bridgehead atoms. The molecule has 0 aliphatic heterocycles. The second-order valence-electron chi connectivity index (χ2n) is 3.90. The van der Waals surface area contributed by atoms with Crippen LogP contribution in [-0.4, -0.2) is 34.0 Å². The van der Waals surface area contributed by atoms with Gasteiger partial charge in [0.2, 0.25) is 10.0 Å². The second-order valence-corrected chi connectivity index (χ2v) is 7.57. The van der Waals surface area contributed by atoms with Gasteiger partial charge in [0, 0.05) is 18.5 Å². The van der Waals surface area contributed by atoms with Gasteiger partial charge in [-0.05, 0) is 12.1 Å². The van der Waals surface area contributed by atoms with Crippen molar-refractivity contribution in [1.82, 2.24) is 4.72 Å². The molecule has 0 saturated heterocycles. The number of alkyl halides is 3. The highest BCUT2D eigenvalue weighted by atomic mass is 35.5. The monoisotopic (exact) mass is 351 g/mol. The van der Waals surface area contributed by atoms with E-state index in [2.05, 4.69) is 4.72 Å². The van der Waals surface area contributed by atoms with E-state index in [9.17, 15) is 21.6 Å². The van der Waals surface area contributed by atoms with E-state index < -0.39 is 34.5 Å². The van der Waals surface area contributed by atoms with Crippen molar-refractivity contribution in [2.75, 3.05) is 19.4 Å². The van der Waals surface area contributed by atoms with E-state index >= 15 is 0 Å². The Balaban J connectivity index is 2.55. The summed E-state index contributed by atoms with van der Waals surface area (Å²) in [5.74, 6) is -1.00. The van der Waals surface area contributed by atoms with Gasteiger partial charge in [-0.25, -0.2) is 13.1 Å². The molecule has 1 unspecified atom stereocenters. The van der Waals surface area contributed by atoms with E-state index in [1.165, 1.54) is 18.4 Å². The van der Waals surface area contributed by atoms with Gasteiger partial charge in [-0.1, -0.05) is 11.6 Å². The summed E-state index contributed by atoms with van der Waals surface area (Å²) in [6, 6.07) is 3.30. The zero-order chi connectivity index (χ0) is 15.4. The van der Waals surface area contributed by atoms with Crippen molar-refractivity contribution in [3.05, 3.63) is 21.3 Å². The van der Waals surface area contributed by atoms with E-state index in [0.29, 0.717) is 9.21 Å². The van der Waals surface area contributed by atoms with Crippen LogP contribution in [-0.2, 0) is 14.8 Å². The van der Waals surface area contributed by atoms with Crippen LogP contribution < -0.4 is 4.72 Å². The van der Waals surface area contributed by atoms with Gasteiger partial charge in [0.15, 0.2) is 0 Å². The molecule has 0 spiro atoms. The van der Waals surface area contributed by atoms with E-state index in [4.69, 9.17) is 16.3 Å². The van der Waals surface area contributed by atoms with Crippen molar-refractivity contribution < 1.29 is 26.3 Å². The summed E-state index contributed by atoms with van der Waals surface area (Å²) < 4.78 is 66.6. The maximum Gasteiger partial charge on any atom is 0.390 e. The van der Waals surface area contributed by atoms with Crippen LogP contribution in [0.5, 0.6) is 0 Å². The summed E-state index contributed by atoms with van der Waals surface area (Å²) in [5, 5.41) is 0. The first-order chi connectivity index (χ1) is 9.13. The topological polar surface area (TPSA) is 55.4 Å². The minimum absolute atomic E-state index is 0.145. The number of halogens is 4. The van der Waals surface area contributed by atoms with Gasteiger partial charge in [-0.15, -0.1) is 11.3 Å². The largest absolute Gasteiger partial charge is 0.390 e. The minimum atomic E-state index is -4.50. The SMILES string of the molecule is COC(CNS(=O)(=O)CCC(F)(F)F)c1ccc(Cl)s1. The zero-order valence-corrected chi connectivity index (χ0v) is 12.8. The highest BCUT2D eigenvalue weighted by Crippen LogP contribution is 2.28. The Labute approximate surface area is 123 Å². The molecule has 1 N–H and O–H groups in total. The number of ether oxygens (including phenoxy) is 1. The average molecular weight is 352 g/mol. The molecule has 0 aliphatic rings. The van der Waals surface area contributed by atoms with E-state index in [1.54, 1.807) is 12.1 Å². The lowest BCUT2D eigenvalue weighted by Gasteiger charge is -2.15. The molecule has 1 atom stereocenters. The van der Waals surface area contributed by atoms with Crippen LogP contribution in [0.4, 0.5) is 13.2 Å². The van der Waals surface area contributed by atoms with Gasteiger partial charge < -0.3 is 4.74 Å². The predicted octanol–water partition coefficient (Wildman–Crippen LogP) is 2.96. The van der Waals surface area contributed by atoms with Crippen LogP contribution >= 0.6 is 22.9 Å². The molecular weight excluding hydrogens is 339 g/mol. The lowest BCUT2D eigenvalue weighted by Crippen LogP contribution is -2.32. The Morgan fingerprint density at radius 2 is 2.10 bits per heavy atom. The molecular formula is C10H13ClF3NO3S2. The summed E-state index contributed by atoms with van der Waals surface area (Å²) in [4.78, 5) is 0.691. The molecule has 20 heavy (non-hydrogen) atoms. The van der Waals surface area contributed by atoms with Crippen molar-refractivity contribution in [3.63, 3.8) is 0 Å².